The normalized spacial score (nSPS) is 15.6. The van der Waals surface area contributed by atoms with Crippen LogP contribution in [0, 0.1) is 0 Å². The van der Waals surface area contributed by atoms with E-state index in [9.17, 15) is 9.59 Å². The van der Waals surface area contributed by atoms with E-state index in [1.54, 1.807) is 23.1 Å². The molecule has 2 aromatic carbocycles. The second-order valence-corrected chi connectivity index (χ2v) is 7.94. The molecule has 28 heavy (non-hydrogen) atoms. The molecule has 2 amide bonds. The maximum atomic E-state index is 12.5. The van der Waals surface area contributed by atoms with Crippen molar-refractivity contribution in [1.29, 1.82) is 0 Å². The molecule has 4 rings (SSSR count). The van der Waals surface area contributed by atoms with Gasteiger partial charge in [-0.15, -0.1) is 11.8 Å². The lowest BCUT2D eigenvalue weighted by Gasteiger charge is -2.21. The summed E-state index contributed by atoms with van der Waals surface area (Å²) in [6.45, 7) is 2.95. The molecular weight excluding hydrogens is 374 g/mol. The van der Waals surface area contributed by atoms with Crippen molar-refractivity contribution in [3.05, 3.63) is 71.8 Å². The fourth-order valence-corrected chi connectivity index (χ4v) is 3.83. The van der Waals surface area contributed by atoms with E-state index in [1.807, 2.05) is 37.3 Å². The lowest BCUT2D eigenvalue weighted by Crippen LogP contribution is -2.27. The fourth-order valence-electron chi connectivity index (χ4n) is 2.90. The molecule has 0 fully saturated rings. The Morgan fingerprint density at radius 2 is 2.00 bits per heavy atom. The van der Waals surface area contributed by atoms with Crippen LogP contribution in [-0.4, -0.2) is 31.8 Å². The highest BCUT2D eigenvalue weighted by atomic mass is 32.2. The highest BCUT2D eigenvalue weighted by Crippen LogP contribution is 2.35. The SMILES string of the molecule is CC1Sc2ccc(C(=O)NCc3ccc(Cn4cncn4)cc3)cc2NC1=O. The summed E-state index contributed by atoms with van der Waals surface area (Å²) in [7, 11) is 0. The standard InChI is InChI=1S/C20H19N5O2S/c1-13-19(26)24-17-8-16(6-7-18(17)28-13)20(27)22-9-14-2-4-15(5-3-14)10-25-12-21-11-23-25/h2-8,11-13H,9-10H2,1H3,(H,22,27)(H,24,26). The molecule has 1 aromatic heterocycles. The first-order chi connectivity index (χ1) is 13.6. The lowest BCUT2D eigenvalue weighted by molar-refractivity contribution is -0.115. The number of rotatable bonds is 5. The van der Waals surface area contributed by atoms with Crippen LogP contribution in [0.2, 0.25) is 0 Å². The highest BCUT2D eigenvalue weighted by Gasteiger charge is 2.23. The summed E-state index contributed by atoms with van der Waals surface area (Å²) in [5, 5.41) is 9.73. The van der Waals surface area contributed by atoms with E-state index in [0.29, 0.717) is 24.3 Å². The molecule has 1 aliphatic rings. The minimum Gasteiger partial charge on any atom is -0.348 e. The van der Waals surface area contributed by atoms with Crippen molar-refractivity contribution in [3.63, 3.8) is 0 Å². The summed E-state index contributed by atoms with van der Waals surface area (Å²) in [4.78, 5) is 29.2. The first-order valence-electron chi connectivity index (χ1n) is 8.88. The van der Waals surface area contributed by atoms with E-state index in [0.717, 1.165) is 16.0 Å². The predicted molar refractivity (Wildman–Crippen MR) is 107 cm³/mol. The summed E-state index contributed by atoms with van der Waals surface area (Å²) >= 11 is 1.50. The van der Waals surface area contributed by atoms with Crippen LogP contribution in [-0.2, 0) is 17.9 Å². The molecule has 1 atom stereocenters. The van der Waals surface area contributed by atoms with E-state index in [1.165, 1.54) is 18.1 Å². The number of benzene rings is 2. The Morgan fingerprint density at radius 1 is 1.21 bits per heavy atom. The van der Waals surface area contributed by atoms with E-state index in [4.69, 9.17) is 0 Å². The lowest BCUT2D eigenvalue weighted by atomic mass is 10.1. The molecule has 142 valence electrons. The summed E-state index contributed by atoms with van der Waals surface area (Å²) in [5.41, 5.74) is 3.33. The molecule has 2 heterocycles. The number of aromatic nitrogens is 3. The van der Waals surface area contributed by atoms with Gasteiger partial charge in [-0.3, -0.25) is 9.59 Å². The largest absolute Gasteiger partial charge is 0.348 e. The van der Waals surface area contributed by atoms with Crippen molar-refractivity contribution in [2.24, 2.45) is 0 Å². The minimum absolute atomic E-state index is 0.0407. The van der Waals surface area contributed by atoms with Gasteiger partial charge in [-0.1, -0.05) is 24.3 Å². The number of amides is 2. The van der Waals surface area contributed by atoms with Crippen LogP contribution in [0.25, 0.3) is 0 Å². The van der Waals surface area contributed by atoms with Gasteiger partial charge in [0.05, 0.1) is 17.5 Å². The smallest absolute Gasteiger partial charge is 0.251 e. The van der Waals surface area contributed by atoms with Gasteiger partial charge in [0.2, 0.25) is 5.91 Å². The van der Waals surface area contributed by atoms with Crippen molar-refractivity contribution in [2.75, 3.05) is 5.32 Å². The van der Waals surface area contributed by atoms with Crippen LogP contribution >= 0.6 is 11.8 Å². The summed E-state index contributed by atoms with van der Waals surface area (Å²) in [5.74, 6) is -0.214. The van der Waals surface area contributed by atoms with Crippen LogP contribution < -0.4 is 10.6 Å². The molecule has 0 spiro atoms. The molecule has 1 aliphatic heterocycles. The average molecular weight is 393 g/mol. The molecule has 0 saturated carbocycles. The van der Waals surface area contributed by atoms with E-state index in [2.05, 4.69) is 20.7 Å². The van der Waals surface area contributed by atoms with Crippen molar-refractivity contribution < 1.29 is 9.59 Å². The third kappa shape index (κ3) is 4.07. The van der Waals surface area contributed by atoms with E-state index < -0.39 is 0 Å². The first-order valence-corrected chi connectivity index (χ1v) is 9.76. The van der Waals surface area contributed by atoms with Crippen LogP contribution in [0.3, 0.4) is 0 Å². The van der Waals surface area contributed by atoms with Gasteiger partial charge in [0, 0.05) is 17.0 Å². The molecule has 8 heteroatoms. The molecule has 7 nitrogen and oxygen atoms in total. The molecule has 2 N–H and O–H groups in total. The topological polar surface area (TPSA) is 88.9 Å². The van der Waals surface area contributed by atoms with Crippen molar-refractivity contribution >= 4 is 29.3 Å². The Kier molecular flexibility index (Phi) is 5.12. The number of anilines is 1. The molecule has 0 bridgehead atoms. The van der Waals surface area contributed by atoms with Gasteiger partial charge >= 0.3 is 0 Å². The van der Waals surface area contributed by atoms with Crippen molar-refractivity contribution in [3.8, 4) is 0 Å². The van der Waals surface area contributed by atoms with E-state index in [-0.39, 0.29) is 17.1 Å². The van der Waals surface area contributed by atoms with Crippen LogP contribution in [0.4, 0.5) is 5.69 Å². The number of carbonyl (C=O) groups excluding carboxylic acids is 2. The maximum Gasteiger partial charge on any atom is 0.251 e. The molecule has 0 radical (unpaired) electrons. The van der Waals surface area contributed by atoms with Gasteiger partial charge in [0.25, 0.3) is 5.91 Å². The maximum absolute atomic E-state index is 12.5. The predicted octanol–water partition coefficient (Wildman–Crippen LogP) is 2.69. The van der Waals surface area contributed by atoms with Crippen molar-refractivity contribution in [2.45, 2.75) is 30.2 Å². The number of hydrogen-bond donors (Lipinski definition) is 2. The zero-order valence-electron chi connectivity index (χ0n) is 15.3. The number of nitrogens with zero attached hydrogens (tertiary/aromatic N) is 3. The third-order valence-electron chi connectivity index (χ3n) is 4.46. The molecule has 0 saturated heterocycles. The highest BCUT2D eigenvalue weighted by molar-refractivity contribution is 8.00. The van der Waals surface area contributed by atoms with Gasteiger partial charge in [-0.2, -0.15) is 5.10 Å². The van der Waals surface area contributed by atoms with Gasteiger partial charge < -0.3 is 10.6 Å². The second-order valence-electron chi connectivity index (χ2n) is 6.55. The zero-order chi connectivity index (χ0) is 19.5. The Bertz CT molecular complexity index is 1000. The van der Waals surface area contributed by atoms with Gasteiger partial charge in [0.1, 0.15) is 12.7 Å². The number of fused-ring (bicyclic) bond motifs is 1. The number of nitrogens with one attached hydrogen (secondary N) is 2. The van der Waals surface area contributed by atoms with Crippen LogP contribution in [0.15, 0.2) is 60.0 Å². The quantitative estimate of drug-likeness (QED) is 0.696. The van der Waals surface area contributed by atoms with Crippen molar-refractivity contribution in [1.82, 2.24) is 20.1 Å². The number of hydrogen-bond acceptors (Lipinski definition) is 5. The summed E-state index contributed by atoms with van der Waals surface area (Å²) in [6.07, 6.45) is 3.18. The Labute approximate surface area is 166 Å². The zero-order valence-corrected chi connectivity index (χ0v) is 16.1. The third-order valence-corrected chi connectivity index (χ3v) is 5.64. The summed E-state index contributed by atoms with van der Waals surface area (Å²) in [6, 6.07) is 13.4. The second kappa shape index (κ2) is 7.85. The monoisotopic (exact) mass is 393 g/mol. The van der Waals surface area contributed by atoms with E-state index >= 15 is 0 Å². The van der Waals surface area contributed by atoms with Gasteiger partial charge in [-0.05, 0) is 36.2 Å². The number of thioether (sulfide) groups is 1. The minimum atomic E-state index is -0.174. The average Bonchev–Trinajstić information content (AvgIpc) is 3.21. The molecule has 0 aliphatic carbocycles. The van der Waals surface area contributed by atoms with Gasteiger partial charge in [-0.25, -0.2) is 9.67 Å². The Hall–Kier alpha value is -3.13. The first kappa shape index (κ1) is 18.2. The van der Waals surface area contributed by atoms with Crippen LogP contribution in [0.1, 0.15) is 28.4 Å². The molecule has 3 aromatic rings. The fraction of sp³-hybridized carbons (Fsp3) is 0.200. The Morgan fingerprint density at radius 3 is 2.75 bits per heavy atom. The van der Waals surface area contributed by atoms with Gasteiger partial charge in [0.15, 0.2) is 0 Å². The Balaban J connectivity index is 1.36. The van der Waals surface area contributed by atoms with Crippen LogP contribution in [0.5, 0.6) is 0 Å². The summed E-state index contributed by atoms with van der Waals surface area (Å²) < 4.78 is 1.75. The molecule has 1 unspecified atom stereocenters. The number of carbonyl (C=O) groups is 2. The molecular formula is C20H19N5O2S.